The van der Waals surface area contributed by atoms with Crippen molar-refractivity contribution >= 4 is 11.8 Å². The van der Waals surface area contributed by atoms with Gasteiger partial charge in [0.25, 0.3) is 15.3 Å². The van der Waals surface area contributed by atoms with Gasteiger partial charge in [-0.15, -0.1) is 30.3 Å². The molecule has 0 aliphatic carbocycles. The van der Waals surface area contributed by atoms with Gasteiger partial charge in [-0.25, -0.2) is 0 Å². The molecule has 0 spiro atoms. The Morgan fingerprint density at radius 2 is 1.43 bits per heavy atom. The molecule has 224 valence electrons. The second kappa shape index (κ2) is 16.0. The lowest BCUT2D eigenvalue weighted by Gasteiger charge is -2.29. The molecule has 0 radical (unpaired) electrons. The molecule has 0 fully saturated rings. The Morgan fingerprint density at radius 3 is 1.88 bits per heavy atom. The van der Waals surface area contributed by atoms with E-state index in [2.05, 4.69) is 14.5 Å². The molecule has 17 heteroatoms. The van der Waals surface area contributed by atoms with Gasteiger partial charge in [0.2, 0.25) is 0 Å². The Balaban J connectivity index is 2.94. The standard InChI is InChI=1S/C23H34N4O13/c1-16(2)18-12-19(17(3)11-20(18)36-10-9-24(4)5)40-22(29)8-6-7-21(28)23(13-37-25(30)31,14-38-26(32)33)15-39-27(34)35/h11-12,16H,6-10,13-15H2,1-5H3. The van der Waals surface area contributed by atoms with Gasteiger partial charge in [0.05, 0.1) is 5.41 Å². The zero-order valence-electron chi connectivity index (χ0n) is 23.0. The maximum atomic E-state index is 12.9. The second-order valence-corrected chi connectivity index (χ2v) is 9.48. The van der Waals surface area contributed by atoms with Gasteiger partial charge in [-0.3, -0.25) is 9.59 Å². The van der Waals surface area contributed by atoms with Crippen LogP contribution in [0, 0.1) is 42.7 Å². The molecular weight excluding hydrogens is 540 g/mol. The van der Waals surface area contributed by atoms with Gasteiger partial charge in [0.1, 0.15) is 43.7 Å². The van der Waals surface area contributed by atoms with Crippen LogP contribution in [0.2, 0.25) is 0 Å². The topological polar surface area (TPSA) is 213 Å². The highest BCUT2D eigenvalue weighted by Crippen LogP contribution is 2.34. The lowest BCUT2D eigenvalue weighted by atomic mass is 9.83. The number of likely N-dealkylation sites (N-methyl/N-ethyl adjacent to an activating group) is 1. The van der Waals surface area contributed by atoms with E-state index in [9.17, 15) is 39.9 Å². The second-order valence-electron chi connectivity index (χ2n) is 9.48. The summed E-state index contributed by atoms with van der Waals surface area (Å²) in [5, 5.41) is 28.2. The molecule has 40 heavy (non-hydrogen) atoms. The molecule has 0 aromatic heterocycles. The number of aryl methyl sites for hydroxylation is 1. The third kappa shape index (κ3) is 11.6. The molecular formula is C23H34N4O13. The maximum Gasteiger partial charge on any atom is 0.311 e. The van der Waals surface area contributed by atoms with E-state index in [1.807, 2.05) is 32.8 Å². The van der Waals surface area contributed by atoms with Gasteiger partial charge in [0, 0.05) is 24.9 Å². The molecule has 1 aromatic rings. The van der Waals surface area contributed by atoms with Crippen LogP contribution in [0.25, 0.3) is 0 Å². The molecule has 0 unspecified atom stereocenters. The normalized spacial score (nSPS) is 11.2. The Labute approximate surface area is 229 Å². The molecule has 17 nitrogen and oxygen atoms in total. The number of hydrogen-bond donors (Lipinski definition) is 0. The number of benzene rings is 1. The van der Waals surface area contributed by atoms with Crippen molar-refractivity contribution < 1.29 is 48.8 Å². The van der Waals surface area contributed by atoms with Crippen LogP contribution < -0.4 is 9.47 Å². The Morgan fingerprint density at radius 1 is 0.900 bits per heavy atom. The van der Waals surface area contributed by atoms with E-state index in [0.717, 1.165) is 5.56 Å². The first-order valence-electron chi connectivity index (χ1n) is 12.1. The summed E-state index contributed by atoms with van der Waals surface area (Å²) >= 11 is 0. The van der Waals surface area contributed by atoms with Crippen LogP contribution in [0.3, 0.4) is 0 Å². The predicted octanol–water partition coefficient (Wildman–Crippen LogP) is 2.31. The SMILES string of the molecule is Cc1cc(OCCN(C)C)c(C(C)C)cc1OC(=O)CCCC(=O)C(CO[N+](=O)[O-])(CO[N+](=O)[O-])CO[N+](=O)[O-]. The third-order valence-corrected chi connectivity index (χ3v) is 5.66. The summed E-state index contributed by atoms with van der Waals surface area (Å²) in [6.07, 6.45) is -0.883. The van der Waals surface area contributed by atoms with Gasteiger partial charge in [-0.05, 0) is 51.1 Å². The number of rotatable bonds is 20. The van der Waals surface area contributed by atoms with Gasteiger partial charge >= 0.3 is 5.97 Å². The lowest BCUT2D eigenvalue weighted by Crippen LogP contribution is -2.46. The third-order valence-electron chi connectivity index (χ3n) is 5.66. The Kier molecular flexibility index (Phi) is 13.5. The summed E-state index contributed by atoms with van der Waals surface area (Å²) in [5.41, 5.74) is -0.796. The molecule has 0 atom stereocenters. The van der Waals surface area contributed by atoms with E-state index in [1.54, 1.807) is 19.1 Å². The van der Waals surface area contributed by atoms with Crippen molar-refractivity contribution in [2.75, 3.05) is 47.1 Å². The molecule has 0 aliphatic heterocycles. The fraction of sp³-hybridized carbons (Fsp3) is 0.652. The van der Waals surface area contributed by atoms with Crippen LogP contribution in [0.4, 0.5) is 0 Å². The van der Waals surface area contributed by atoms with E-state index in [0.29, 0.717) is 30.2 Å². The number of ether oxygens (including phenoxy) is 2. The van der Waals surface area contributed by atoms with Crippen molar-refractivity contribution in [3.05, 3.63) is 53.6 Å². The van der Waals surface area contributed by atoms with Crippen molar-refractivity contribution in [2.45, 2.75) is 46.0 Å². The lowest BCUT2D eigenvalue weighted by molar-refractivity contribution is -0.780. The van der Waals surface area contributed by atoms with Gasteiger partial charge in [-0.1, -0.05) is 13.8 Å². The van der Waals surface area contributed by atoms with E-state index in [1.165, 1.54) is 0 Å². The van der Waals surface area contributed by atoms with Crippen molar-refractivity contribution in [3.8, 4) is 11.5 Å². The first-order chi connectivity index (χ1) is 18.7. The number of Topliss-reactive ketones (excluding diaryl/α,β-unsaturated/α-hetero) is 1. The molecule has 0 bridgehead atoms. The van der Waals surface area contributed by atoms with Crippen LogP contribution in [-0.2, 0) is 24.1 Å². The highest BCUT2D eigenvalue weighted by Gasteiger charge is 2.42. The number of nitrogens with zero attached hydrogens (tertiary/aromatic N) is 4. The molecule has 1 rings (SSSR count). The number of carbonyl (C=O) groups excluding carboxylic acids is 2. The largest absolute Gasteiger partial charge is 0.492 e. The highest BCUT2D eigenvalue weighted by atomic mass is 17.0. The minimum absolute atomic E-state index is 0.0577. The van der Waals surface area contributed by atoms with E-state index >= 15 is 0 Å². The summed E-state index contributed by atoms with van der Waals surface area (Å²) in [4.78, 5) is 72.0. The zero-order valence-corrected chi connectivity index (χ0v) is 23.0. The number of hydrogen-bond acceptors (Lipinski definition) is 14. The van der Waals surface area contributed by atoms with Crippen LogP contribution in [0.1, 0.15) is 50.2 Å². The maximum absolute atomic E-state index is 12.9. The van der Waals surface area contributed by atoms with Crippen molar-refractivity contribution in [2.24, 2.45) is 5.41 Å². The number of ketones is 1. The predicted molar refractivity (Wildman–Crippen MR) is 135 cm³/mol. The fourth-order valence-corrected chi connectivity index (χ4v) is 3.43. The first-order valence-corrected chi connectivity index (χ1v) is 12.1. The van der Waals surface area contributed by atoms with E-state index in [-0.39, 0.29) is 18.8 Å². The van der Waals surface area contributed by atoms with Crippen molar-refractivity contribution in [1.29, 1.82) is 0 Å². The zero-order chi connectivity index (χ0) is 30.5. The average molecular weight is 575 g/mol. The molecule has 0 saturated carbocycles. The molecule has 0 amide bonds. The van der Waals surface area contributed by atoms with E-state index in [4.69, 9.17) is 9.47 Å². The smallest absolute Gasteiger partial charge is 0.311 e. The van der Waals surface area contributed by atoms with Gasteiger partial charge < -0.3 is 28.9 Å². The molecule has 0 N–H and O–H groups in total. The first kappa shape index (κ1) is 33.7. The van der Waals surface area contributed by atoms with Crippen molar-refractivity contribution in [1.82, 2.24) is 4.90 Å². The van der Waals surface area contributed by atoms with E-state index < -0.39 is 58.7 Å². The fourth-order valence-electron chi connectivity index (χ4n) is 3.43. The number of esters is 1. The molecule has 0 heterocycles. The summed E-state index contributed by atoms with van der Waals surface area (Å²) in [5.74, 6) is -0.609. The Hall–Kier alpha value is -4.28. The van der Waals surface area contributed by atoms with Crippen LogP contribution in [0.15, 0.2) is 12.1 Å². The van der Waals surface area contributed by atoms with Crippen molar-refractivity contribution in [3.63, 3.8) is 0 Å². The van der Waals surface area contributed by atoms with Crippen LogP contribution >= 0.6 is 0 Å². The Bertz CT molecular complexity index is 1020. The summed E-state index contributed by atoms with van der Waals surface area (Å²) in [7, 11) is 3.85. The van der Waals surface area contributed by atoms with Gasteiger partial charge in [0.15, 0.2) is 0 Å². The monoisotopic (exact) mass is 574 g/mol. The minimum Gasteiger partial charge on any atom is -0.492 e. The summed E-state index contributed by atoms with van der Waals surface area (Å²) < 4.78 is 11.4. The quantitative estimate of drug-likeness (QED) is 0.0946. The molecule has 0 aliphatic rings. The number of carbonyl (C=O) groups is 2. The summed E-state index contributed by atoms with van der Waals surface area (Å²) in [6.45, 7) is 3.51. The highest BCUT2D eigenvalue weighted by molar-refractivity contribution is 5.85. The summed E-state index contributed by atoms with van der Waals surface area (Å²) in [6, 6.07) is 3.48. The molecule has 0 saturated heterocycles. The molecule has 1 aromatic carbocycles. The minimum atomic E-state index is -2.26. The average Bonchev–Trinajstić information content (AvgIpc) is 2.84. The van der Waals surface area contributed by atoms with Gasteiger partial charge in [-0.2, -0.15) is 0 Å². The van der Waals surface area contributed by atoms with Crippen LogP contribution in [-0.4, -0.2) is 79.0 Å². The van der Waals surface area contributed by atoms with Crippen LogP contribution in [0.5, 0.6) is 11.5 Å².